The Bertz CT molecular complexity index is 2120. The highest BCUT2D eigenvalue weighted by Crippen LogP contribution is 2.35. The van der Waals surface area contributed by atoms with Gasteiger partial charge in [0.05, 0.1) is 47.2 Å². The average molecular weight is 806 g/mol. The molecule has 13 heteroatoms. The molecule has 2 aliphatic carbocycles. The minimum Gasteiger partial charge on any atom is -0.494 e. The molecule has 0 radical (unpaired) electrons. The number of anilines is 1. The third-order valence-corrected chi connectivity index (χ3v) is 10.9. The summed E-state index contributed by atoms with van der Waals surface area (Å²) in [5.74, 6) is 0.185. The van der Waals surface area contributed by atoms with Gasteiger partial charge in [-0.15, -0.1) is 0 Å². The number of allylic oxidation sites excluding steroid dienone is 3. The van der Waals surface area contributed by atoms with Crippen molar-refractivity contribution in [2.24, 2.45) is 22.9 Å². The number of rotatable bonds is 19. The predicted octanol–water partition coefficient (Wildman–Crippen LogP) is 9.14. The summed E-state index contributed by atoms with van der Waals surface area (Å²) >= 11 is 1.51. The van der Waals surface area contributed by atoms with Crippen LogP contribution in [0, 0.1) is 17.8 Å². The number of unbranched alkanes of at least 4 members (excludes halogenated alkanes) is 3. The summed E-state index contributed by atoms with van der Waals surface area (Å²) in [6, 6.07) is 19.6. The third kappa shape index (κ3) is 11.7. The van der Waals surface area contributed by atoms with Gasteiger partial charge in [0.15, 0.2) is 0 Å². The number of para-hydroxylation sites is 1. The highest BCUT2D eigenvalue weighted by molar-refractivity contribution is 7.22. The summed E-state index contributed by atoms with van der Waals surface area (Å²) in [5, 5.41) is 7.22. The number of thiazole rings is 1. The molecule has 0 saturated heterocycles. The molecular formula is C45H47N3O9S. The maximum Gasteiger partial charge on any atom is 0.330 e. The number of hydrogen-bond acceptors (Lipinski definition) is 13. The molecule has 58 heavy (non-hydrogen) atoms. The monoisotopic (exact) mass is 805 g/mol. The Labute approximate surface area is 341 Å². The van der Waals surface area contributed by atoms with E-state index in [-0.39, 0.29) is 29.3 Å². The van der Waals surface area contributed by atoms with E-state index in [2.05, 4.69) is 25.7 Å². The first-order valence-electron chi connectivity index (χ1n) is 19.6. The van der Waals surface area contributed by atoms with Gasteiger partial charge in [0.25, 0.3) is 6.47 Å². The second kappa shape index (κ2) is 20.9. The van der Waals surface area contributed by atoms with E-state index in [1.807, 2.05) is 30.3 Å². The molecule has 2 aliphatic rings. The van der Waals surface area contributed by atoms with E-state index < -0.39 is 11.9 Å². The molecule has 0 aliphatic heterocycles. The minimum absolute atomic E-state index is 0.250. The van der Waals surface area contributed by atoms with Gasteiger partial charge in [-0.1, -0.05) is 49.1 Å². The quantitative estimate of drug-likeness (QED) is 0.0170. The first-order valence-corrected chi connectivity index (χ1v) is 20.4. The first kappa shape index (κ1) is 41.6. The highest BCUT2D eigenvalue weighted by atomic mass is 32.1. The lowest BCUT2D eigenvalue weighted by Gasteiger charge is -2.25. The number of fused-ring (bicyclic) bond motifs is 1. The van der Waals surface area contributed by atoms with Crippen LogP contribution in [0.15, 0.2) is 108 Å². The molecule has 4 aromatic rings. The Morgan fingerprint density at radius 1 is 0.879 bits per heavy atom. The van der Waals surface area contributed by atoms with Gasteiger partial charge in [0.1, 0.15) is 23.0 Å². The Morgan fingerprint density at radius 3 is 2.22 bits per heavy atom. The fourth-order valence-electron chi connectivity index (χ4n) is 6.57. The maximum atomic E-state index is 13.3. The van der Waals surface area contributed by atoms with Crippen molar-refractivity contribution in [3.63, 3.8) is 0 Å². The molecule has 1 atom stereocenters. The van der Waals surface area contributed by atoms with Crippen molar-refractivity contribution in [3.8, 4) is 23.0 Å². The Morgan fingerprint density at radius 2 is 1.55 bits per heavy atom. The van der Waals surface area contributed by atoms with Gasteiger partial charge in [-0.3, -0.25) is 14.4 Å². The number of carbonyl (C=O) groups is 4. The number of carbonyl (C=O) groups excluding carboxylic acids is 4. The van der Waals surface area contributed by atoms with Gasteiger partial charge in [-0.05, 0) is 124 Å². The number of esters is 3. The lowest BCUT2D eigenvalue weighted by Crippen LogP contribution is -2.30. The van der Waals surface area contributed by atoms with Crippen LogP contribution in [0.4, 0.5) is 5.13 Å². The standard InChI is InChI=1S/C45H47N3O9S/c1-3-42(50)54-27-9-5-4-8-26-53-36-20-22-37(23-21-36)56-43(51)32-14-16-33(17-15-32)44(52)57-38-24-25-40(55-30-49)34(28-38)29-46-48(35-18-12-31(2)13-19-35)45-47-39-10-6-7-11-41(39)58-45/h3,6-7,10-12,18-25,28-33H,1,4-5,8-9,13-17,26-27H2,2H3/b46-29+. The number of benzene rings is 3. The number of ether oxygens (including phenoxy) is 5. The van der Waals surface area contributed by atoms with Gasteiger partial charge in [-0.2, -0.15) is 5.10 Å². The van der Waals surface area contributed by atoms with E-state index in [1.54, 1.807) is 53.7 Å². The van der Waals surface area contributed by atoms with Gasteiger partial charge in [0.2, 0.25) is 5.13 Å². The van der Waals surface area contributed by atoms with Crippen molar-refractivity contribution in [1.29, 1.82) is 0 Å². The van der Waals surface area contributed by atoms with Crippen LogP contribution in [0.3, 0.4) is 0 Å². The molecule has 1 aromatic heterocycles. The normalized spacial score (nSPS) is 17.6. The molecular weight excluding hydrogens is 759 g/mol. The molecule has 1 saturated carbocycles. The molecule has 6 rings (SSSR count). The Kier molecular flexibility index (Phi) is 15.0. The molecule has 1 unspecified atom stereocenters. The smallest absolute Gasteiger partial charge is 0.330 e. The fourth-order valence-corrected chi connectivity index (χ4v) is 7.51. The second-order valence-corrected chi connectivity index (χ2v) is 15.1. The van der Waals surface area contributed by atoms with Crippen LogP contribution < -0.4 is 24.0 Å². The van der Waals surface area contributed by atoms with Crippen LogP contribution in [-0.4, -0.2) is 48.8 Å². The first-order chi connectivity index (χ1) is 28.3. The lowest BCUT2D eigenvalue weighted by molar-refractivity contribution is -0.145. The predicted molar refractivity (Wildman–Crippen MR) is 222 cm³/mol. The average Bonchev–Trinajstić information content (AvgIpc) is 3.68. The van der Waals surface area contributed by atoms with Crippen molar-refractivity contribution < 1.29 is 42.9 Å². The summed E-state index contributed by atoms with van der Waals surface area (Å²) in [6.45, 7) is 6.80. The van der Waals surface area contributed by atoms with E-state index in [4.69, 9.17) is 33.8 Å². The van der Waals surface area contributed by atoms with Gasteiger partial charge in [-0.25, -0.2) is 14.8 Å². The number of hydrazone groups is 1. The van der Waals surface area contributed by atoms with Crippen LogP contribution in [0.5, 0.6) is 23.0 Å². The van der Waals surface area contributed by atoms with Crippen LogP contribution in [0.2, 0.25) is 0 Å². The van der Waals surface area contributed by atoms with Crippen molar-refractivity contribution >= 4 is 57.3 Å². The summed E-state index contributed by atoms with van der Waals surface area (Å²) in [5.41, 5.74) is 2.15. The van der Waals surface area contributed by atoms with Gasteiger partial charge in [0, 0.05) is 11.6 Å². The van der Waals surface area contributed by atoms with E-state index in [1.165, 1.54) is 11.3 Å². The van der Waals surface area contributed by atoms with Crippen LogP contribution in [0.25, 0.3) is 10.2 Å². The molecule has 1 heterocycles. The van der Waals surface area contributed by atoms with Crippen molar-refractivity contribution in [2.45, 2.75) is 64.7 Å². The van der Waals surface area contributed by atoms with E-state index in [9.17, 15) is 19.2 Å². The molecule has 1 fully saturated rings. The number of aromatic nitrogens is 1. The molecule has 0 bridgehead atoms. The molecule has 3 aromatic carbocycles. The zero-order valence-electron chi connectivity index (χ0n) is 32.5. The van der Waals surface area contributed by atoms with E-state index in [0.717, 1.165) is 54.1 Å². The fraction of sp³-hybridized carbons (Fsp3) is 0.333. The van der Waals surface area contributed by atoms with Crippen molar-refractivity contribution in [1.82, 2.24) is 4.98 Å². The lowest BCUT2D eigenvalue weighted by atomic mass is 9.82. The Balaban J connectivity index is 0.992. The van der Waals surface area contributed by atoms with E-state index in [0.29, 0.717) is 73.5 Å². The topological polar surface area (TPSA) is 143 Å². The van der Waals surface area contributed by atoms with Crippen molar-refractivity contribution in [2.75, 3.05) is 18.2 Å². The van der Waals surface area contributed by atoms with Crippen molar-refractivity contribution in [3.05, 3.63) is 109 Å². The number of nitrogens with zero attached hydrogens (tertiary/aromatic N) is 3. The van der Waals surface area contributed by atoms with Crippen LogP contribution in [-0.2, 0) is 23.9 Å². The molecule has 12 nitrogen and oxygen atoms in total. The summed E-state index contributed by atoms with van der Waals surface area (Å²) in [7, 11) is 0. The minimum atomic E-state index is -0.404. The number of hydrogen-bond donors (Lipinski definition) is 0. The molecule has 0 spiro atoms. The van der Waals surface area contributed by atoms with Crippen LogP contribution >= 0.6 is 11.3 Å². The summed E-state index contributed by atoms with van der Waals surface area (Å²) in [6.07, 6.45) is 15.3. The Hall–Kier alpha value is -6.08. The van der Waals surface area contributed by atoms with E-state index >= 15 is 0 Å². The zero-order chi connectivity index (χ0) is 40.7. The molecule has 0 N–H and O–H groups in total. The second-order valence-electron chi connectivity index (χ2n) is 14.1. The van der Waals surface area contributed by atoms with Gasteiger partial charge >= 0.3 is 17.9 Å². The SMILES string of the molecule is C=CC(=O)OCCCCCCOc1ccc(OC(=O)C2CCC(C(=O)Oc3ccc(OC=O)c(/C=N/N(C4=CCC(C)C=C4)c4nc5ccccc5s4)c3)CC2)cc1. The van der Waals surface area contributed by atoms with Crippen LogP contribution in [0.1, 0.15) is 70.3 Å². The zero-order valence-corrected chi connectivity index (χ0v) is 33.3. The highest BCUT2D eigenvalue weighted by Gasteiger charge is 2.32. The summed E-state index contributed by atoms with van der Waals surface area (Å²) in [4.78, 5) is 53.6. The molecule has 302 valence electrons. The largest absolute Gasteiger partial charge is 0.494 e. The molecule has 0 amide bonds. The van der Waals surface area contributed by atoms with Gasteiger partial charge < -0.3 is 23.7 Å². The maximum absolute atomic E-state index is 13.3. The summed E-state index contributed by atoms with van der Waals surface area (Å²) < 4.78 is 28.5. The third-order valence-electron chi connectivity index (χ3n) is 9.84.